The SMILES string of the molecule is CCCNC(=O)CCNc1cc(C)c(N)cc1Br. The smallest absolute Gasteiger partial charge is 0.221 e. The lowest BCUT2D eigenvalue weighted by Gasteiger charge is -2.11. The Kier molecular flexibility index (Phi) is 5.98. The Bertz CT molecular complexity index is 421. The van der Waals surface area contributed by atoms with Gasteiger partial charge in [0.15, 0.2) is 0 Å². The summed E-state index contributed by atoms with van der Waals surface area (Å²) in [6.07, 6.45) is 1.43. The van der Waals surface area contributed by atoms with Crippen molar-refractivity contribution in [3.05, 3.63) is 22.2 Å². The Hall–Kier alpha value is -1.23. The third-order valence-electron chi connectivity index (χ3n) is 2.60. The van der Waals surface area contributed by atoms with Gasteiger partial charge in [0.25, 0.3) is 0 Å². The summed E-state index contributed by atoms with van der Waals surface area (Å²) >= 11 is 3.45. The van der Waals surface area contributed by atoms with Crippen LogP contribution in [-0.4, -0.2) is 19.0 Å². The maximum absolute atomic E-state index is 11.4. The molecular formula is C13H20BrN3O. The van der Waals surface area contributed by atoms with Crippen molar-refractivity contribution in [3.63, 3.8) is 0 Å². The zero-order chi connectivity index (χ0) is 13.5. The number of rotatable bonds is 6. The van der Waals surface area contributed by atoms with Gasteiger partial charge in [0.05, 0.1) is 0 Å². The zero-order valence-electron chi connectivity index (χ0n) is 10.8. The minimum absolute atomic E-state index is 0.0765. The van der Waals surface area contributed by atoms with Crippen LogP contribution in [0.25, 0.3) is 0 Å². The van der Waals surface area contributed by atoms with Gasteiger partial charge >= 0.3 is 0 Å². The number of nitrogens with two attached hydrogens (primary N) is 1. The van der Waals surface area contributed by atoms with E-state index in [0.717, 1.165) is 34.4 Å². The van der Waals surface area contributed by atoms with E-state index in [1.807, 2.05) is 26.0 Å². The van der Waals surface area contributed by atoms with Crippen LogP contribution in [-0.2, 0) is 4.79 Å². The molecule has 18 heavy (non-hydrogen) atoms. The maximum atomic E-state index is 11.4. The number of carbonyl (C=O) groups is 1. The number of halogens is 1. The number of nitrogens with one attached hydrogen (secondary N) is 2. The predicted octanol–water partition coefficient (Wildman–Crippen LogP) is 2.67. The van der Waals surface area contributed by atoms with Crippen LogP contribution < -0.4 is 16.4 Å². The van der Waals surface area contributed by atoms with Crippen molar-refractivity contribution in [2.24, 2.45) is 0 Å². The topological polar surface area (TPSA) is 67.2 Å². The Balaban J connectivity index is 2.44. The number of hydrogen-bond acceptors (Lipinski definition) is 3. The second kappa shape index (κ2) is 7.26. The fourth-order valence-corrected chi connectivity index (χ4v) is 2.00. The first-order chi connectivity index (χ1) is 8.54. The molecule has 0 bridgehead atoms. The van der Waals surface area contributed by atoms with Gasteiger partial charge in [-0.25, -0.2) is 0 Å². The minimum atomic E-state index is 0.0765. The van der Waals surface area contributed by atoms with Gasteiger partial charge in [0, 0.05) is 35.4 Å². The van der Waals surface area contributed by atoms with E-state index in [1.165, 1.54) is 0 Å². The van der Waals surface area contributed by atoms with Gasteiger partial charge in [-0.05, 0) is 47.0 Å². The molecule has 0 radical (unpaired) electrons. The van der Waals surface area contributed by atoms with Crippen LogP contribution >= 0.6 is 15.9 Å². The molecule has 1 rings (SSSR count). The fourth-order valence-electron chi connectivity index (χ4n) is 1.50. The van der Waals surface area contributed by atoms with Gasteiger partial charge in [0.1, 0.15) is 0 Å². The molecule has 1 aromatic rings. The highest BCUT2D eigenvalue weighted by molar-refractivity contribution is 9.10. The average molecular weight is 314 g/mol. The molecule has 0 unspecified atom stereocenters. The lowest BCUT2D eigenvalue weighted by Crippen LogP contribution is -2.25. The average Bonchev–Trinajstić information content (AvgIpc) is 2.33. The fraction of sp³-hybridized carbons (Fsp3) is 0.462. The number of nitrogen functional groups attached to an aromatic ring is 1. The highest BCUT2D eigenvalue weighted by Gasteiger charge is 2.04. The highest BCUT2D eigenvalue weighted by Crippen LogP contribution is 2.27. The lowest BCUT2D eigenvalue weighted by molar-refractivity contribution is -0.120. The van der Waals surface area contributed by atoms with E-state index in [4.69, 9.17) is 5.73 Å². The number of benzene rings is 1. The predicted molar refractivity (Wildman–Crippen MR) is 79.7 cm³/mol. The van der Waals surface area contributed by atoms with E-state index in [1.54, 1.807) is 0 Å². The summed E-state index contributed by atoms with van der Waals surface area (Å²) in [5.41, 5.74) is 8.54. The van der Waals surface area contributed by atoms with Crippen LogP contribution in [0.4, 0.5) is 11.4 Å². The third kappa shape index (κ3) is 4.56. The van der Waals surface area contributed by atoms with Gasteiger partial charge < -0.3 is 16.4 Å². The molecule has 1 aromatic carbocycles. The van der Waals surface area contributed by atoms with Crippen LogP contribution in [0.3, 0.4) is 0 Å². The van der Waals surface area contributed by atoms with Gasteiger partial charge in [-0.1, -0.05) is 6.92 Å². The van der Waals surface area contributed by atoms with Crippen LogP contribution in [0.2, 0.25) is 0 Å². The number of carbonyl (C=O) groups excluding carboxylic acids is 1. The summed E-state index contributed by atoms with van der Waals surface area (Å²) in [7, 11) is 0. The van der Waals surface area contributed by atoms with Crippen LogP contribution in [0.5, 0.6) is 0 Å². The molecule has 0 aliphatic heterocycles. The summed E-state index contributed by atoms with van der Waals surface area (Å²) < 4.78 is 0.916. The molecule has 0 saturated carbocycles. The molecule has 0 aliphatic rings. The van der Waals surface area contributed by atoms with Gasteiger partial charge in [-0.2, -0.15) is 0 Å². The number of hydrogen-bond donors (Lipinski definition) is 3. The van der Waals surface area contributed by atoms with Crippen LogP contribution in [0, 0.1) is 6.92 Å². The van der Waals surface area contributed by atoms with E-state index in [9.17, 15) is 4.79 Å². The summed E-state index contributed by atoms with van der Waals surface area (Å²) in [6, 6.07) is 3.85. The highest BCUT2D eigenvalue weighted by atomic mass is 79.9. The summed E-state index contributed by atoms with van der Waals surface area (Å²) in [6.45, 7) is 5.34. The molecule has 0 aromatic heterocycles. The molecule has 5 heteroatoms. The first kappa shape index (κ1) is 14.8. The number of aryl methyl sites for hydroxylation is 1. The van der Waals surface area contributed by atoms with E-state index in [2.05, 4.69) is 26.6 Å². The molecular weight excluding hydrogens is 294 g/mol. The van der Waals surface area contributed by atoms with E-state index in [0.29, 0.717) is 13.0 Å². The van der Waals surface area contributed by atoms with Crippen molar-refractivity contribution in [2.45, 2.75) is 26.7 Å². The van der Waals surface area contributed by atoms with Crippen molar-refractivity contribution >= 4 is 33.2 Å². The standard InChI is InChI=1S/C13H20BrN3O/c1-3-5-17-13(18)4-6-16-12-7-9(2)11(15)8-10(12)14/h7-8,16H,3-6,15H2,1-2H3,(H,17,18). The monoisotopic (exact) mass is 313 g/mol. The first-order valence-corrected chi connectivity index (χ1v) is 6.90. The first-order valence-electron chi connectivity index (χ1n) is 6.10. The van der Waals surface area contributed by atoms with E-state index >= 15 is 0 Å². The molecule has 0 heterocycles. The Morgan fingerprint density at radius 1 is 1.39 bits per heavy atom. The van der Waals surface area contributed by atoms with Crippen LogP contribution in [0.1, 0.15) is 25.3 Å². The zero-order valence-corrected chi connectivity index (χ0v) is 12.4. The summed E-state index contributed by atoms with van der Waals surface area (Å²) in [5.74, 6) is 0.0765. The molecule has 1 amide bonds. The van der Waals surface area contributed by atoms with E-state index < -0.39 is 0 Å². The van der Waals surface area contributed by atoms with Crippen molar-refractivity contribution < 1.29 is 4.79 Å². The van der Waals surface area contributed by atoms with Crippen molar-refractivity contribution in [2.75, 3.05) is 24.1 Å². The number of amides is 1. The van der Waals surface area contributed by atoms with Crippen molar-refractivity contribution in [1.29, 1.82) is 0 Å². The molecule has 4 N–H and O–H groups in total. The summed E-state index contributed by atoms with van der Waals surface area (Å²) in [4.78, 5) is 11.4. The molecule has 100 valence electrons. The third-order valence-corrected chi connectivity index (χ3v) is 3.25. The van der Waals surface area contributed by atoms with Gasteiger partial charge in [-0.15, -0.1) is 0 Å². The molecule has 0 aliphatic carbocycles. The summed E-state index contributed by atoms with van der Waals surface area (Å²) in [5, 5.41) is 6.07. The minimum Gasteiger partial charge on any atom is -0.398 e. The van der Waals surface area contributed by atoms with E-state index in [-0.39, 0.29) is 5.91 Å². The maximum Gasteiger partial charge on any atom is 0.221 e. The second-order valence-corrected chi connectivity index (χ2v) is 5.07. The second-order valence-electron chi connectivity index (χ2n) is 4.22. The van der Waals surface area contributed by atoms with Crippen LogP contribution in [0.15, 0.2) is 16.6 Å². The number of anilines is 2. The Morgan fingerprint density at radius 2 is 2.11 bits per heavy atom. The largest absolute Gasteiger partial charge is 0.398 e. The van der Waals surface area contributed by atoms with Crippen molar-refractivity contribution in [1.82, 2.24) is 5.32 Å². The van der Waals surface area contributed by atoms with Gasteiger partial charge in [0.2, 0.25) is 5.91 Å². The molecule has 0 saturated heterocycles. The molecule has 0 spiro atoms. The Morgan fingerprint density at radius 3 is 2.78 bits per heavy atom. The Labute approximate surface area is 116 Å². The normalized spacial score (nSPS) is 10.2. The molecule has 0 fully saturated rings. The molecule has 4 nitrogen and oxygen atoms in total. The quantitative estimate of drug-likeness (QED) is 0.707. The lowest BCUT2D eigenvalue weighted by atomic mass is 10.2. The van der Waals surface area contributed by atoms with Crippen molar-refractivity contribution in [3.8, 4) is 0 Å². The van der Waals surface area contributed by atoms with Gasteiger partial charge in [-0.3, -0.25) is 4.79 Å². The molecule has 0 atom stereocenters.